The summed E-state index contributed by atoms with van der Waals surface area (Å²) in [6.45, 7) is 0.297. The van der Waals surface area contributed by atoms with Gasteiger partial charge in [-0.05, 0) is 36.4 Å². The molecule has 0 saturated heterocycles. The third-order valence-corrected chi connectivity index (χ3v) is 4.68. The number of oxazole rings is 1. The van der Waals surface area contributed by atoms with Gasteiger partial charge in [-0.3, -0.25) is 0 Å². The summed E-state index contributed by atoms with van der Waals surface area (Å²) in [4.78, 5) is 20.5. The van der Waals surface area contributed by atoms with E-state index in [2.05, 4.69) is 9.97 Å². The second kappa shape index (κ2) is 8.66. The molecule has 0 radical (unpaired) electrons. The van der Waals surface area contributed by atoms with Crippen LogP contribution in [0, 0.1) is 5.82 Å². The van der Waals surface area contributed by atoms with Crippen LogP contribution in [0.4, 0.5) is 4.39 Å². The van der Waals surface area contributed by atoms with E-state index < -0.39 is 5.97 Å². The van der Waals surface area contributed by atoms with Gasteiger partial charge < -0.3 is 13.9 Å². The highest BCUT2D eigenvalue weighted by atomic mass is 32.1. The second-order valence-electron chi connectivity index (χ2n) is 5.94. The lowest BCUT2D eigenvalue weighted by Gasteiger charge is -2.03. The number of nitrogens with zero attached hydrogens (tertiary/aromatic N) is 2. The first-order valence-corrected chi connectivity index (χ1v) is 9.56. The van der Waals surface area contributed by atoms with E-state index >= 15 is 0 Å². The number of carbonyl (C=O) groups excluding carboxylic acids is 1. The van der Waals surface area contributed by atoms with Crippen LogP contribution in [0.15, 0.2) is 64.4 Å². The largest absolute Gasteiger partial charge is 0.486 e. The summed E-state index contributed by atoms with van der Waals surface area (Å²) in [5.41, 5.74) is 1.99. The highest BCUT2D eigenvalue weighted by Crippen LogP contribution is 2.17. The first-order valence-electron chi connectivity index (χ1n) is 8.68. The number of para-hydroxylation sites is 2. The van der Waals surface area contributed by atoms with E-state index in [1.54, 1.807) is 23.6 Å². The lowest BCUT2D eigenvalue weighted by atomic mass is 10.3. The molecule has 2 aromatic carbocycles. The van der Waals surface area contributed by atoms with E-state index in [4.69, 9.17) is 13.9 Å². The van der Waals surface area contributed by atoms with Crippen LogP contribution in [-0.2, 0) is 22.7 Å². The smallest absolute Gasteiger partial charge is 0.331 e. The van der Waals surface area contributed by atoms with Crippen molar-refractivity contribution in [2.75, 3.05) is 0 Å². The summed E-state index contributed by atoms with van der Waals surface area (Å²) in [6, 6.07) is 13.1. The minimum Gasteiger partial charge on any atom is -0.486 e. The SMILES string of the molecule is O=C(C=Cc1nc2ccccc2o1)OCc1csc(COc2ccc(F)cc2)n1. The van der Waals surface area contributed by atoms with Gasteiger partial charge in [-0.25, -0.2) is 19.2 Å². The molecule has 0 bridgehead atoms. The van der Waals surface area contributed by atoms with Gasteiger partial charge in [-0.2, -0.15) is 0 Å². The first-order chi connectivity index (χ1) is 14.2. The molecule has 0 aliphatic heterocycles. The molecule has 2 heterocycles. The molecule has 0 saturated carbocycles. The van der Waals surface area contributed by atoms with E-state index in [9.17, 15) is 9.18 Å². The van der Waals surface area contributed by atoms with Crippen molar-refractivity contribution < 1.29 is 23.1 Å². The van der Waals surface area contributed by atoms with Crippen molar-refractivity contribution in [1.82, 2.24) is 9.97 Å². The lowest BCUT2D eigenvalue weighted by Crippen LogP contribution is -2.01. The number of hydrogen-bond acceptors (Lipinski definition) is 7. The molecular formula is C21H15FN2O4S. The molecule has 0 aliphatic carbocycles. The van der Waals surface area contributed by atoms with Crippen LogP contribution in [0.5, 0.6) is 5.75 Å². The van der Waals surface area contributed by atoms with Gasteiger partial charge in [0.15, 0.2) is 5.58 Å². The molecule has 6 nitrogen and oxygen atoms in total. The highest BCUT2D eigenvalue weighted by molar-refractivity contribution is 7.09. The molecule has 0 aliphatic rings. The van der Waals surface area contributed by atoms with Gasteiger partial charge in [0, 0.05) is 17.5 Å². The maximum Gasteiger partial charge on any atom is 0.331 e. The van der Waals surface area contributed by atoms with Gasteiger partial charge in [-0.1, -0.05) is 12.1 Å². The lowest BCUT2D eigenvalue weighted by molar-refractivity contribution is -0.139. The maximum atomic E-state index is 12.9. The Bertz CT molecular complexity index is 1120. The van der Waals surface area contributed by atoms with E-state index in [-0.39, 0.29) is 19.0 Å². The molecule has 0 amide bonds. The van der Waals surface area contributed by atoms with Crippen LogP contribution in [0.2, 0.25) is 0 Å². The summed E-state index contributed by atoms with van der Waals surface area (Å²) < 4.78 is 29.1. The van der Waals surface area contributed by atoms with Gasteiger partial charge in [0.05, 0.1) is 5.69 Å². The fraction of sp³-hybridized carbons (Fsp3) is 0.0952. The summed E-state index contributed by atoms with van der Waals surface area (Å²) >= 11 is 1.39. The Balaban J connectivity index is 1.26. The predicted octanol–water partition coefficient (Wildman–Crippen LogP) is 4.76. The average molecular weight is 410 g/mol. The number of esters is 1. The average Bonchev–Trinajstić information content (AvgIpc) is 3.36. The topological polar surface area (TPSA) is 74.5 Å². The third-order valence-electron chi connectivity index (χ3n) is 3.81. The summed E-state index contributed by atoms with van der Waals surface area (Å²) in [6.07, 6.45) is 2.72. The van der Waals surface area contributed by atoms with Gasteiger partial charge in [0.25, 0.3) is 0 Å². The van der Waals surface area contributed by atoms with Crippen LogP contribution in [-0.4, -0.2) is 15.9 Å². The molecule has 29 heavy (non-hydrogen) atoms. The molecule has 146 valence electrons. The molecule has 0 fully saturated rings. The van der Waals surface area contributed by atoms with Crippen LogP contribution < -0.4 is 4.74 Å². The van der Waals surface area contributed by atoms with E-state index in [1.165, 1.54) is 35.6 Å². The van der Waals surface area contributed by atoms with Crippen molar-refractivity contribution in [2.45, 2.75) is 13.2 Å². The summed E-state index contributed by atoms with van der Waals surface area (Å²) in [5.74, 6) is 0.0428. The van der Waals surface area contributed by atoms with Crippen molar-refractivity contribution in [3.63, 3.8) is 0 Å². The molecule has 2 aromatic heterocycles. The minimum atomic E-state index is -0.524. The predicted molar refractivity (Wildman–Crippen MR) is 106 cm³/mol. The van der Waals surface area contributed by atoms with Gasteiger partial charge in [-0.15, -0.1) is 11.3 Å². The van der Waals surface area contributed by atoms with Gasteiger partial charge in [0.2, 0.25) is 5.89 Å². The Morgan fingerprint density at radius 1 is 1.10 bits per heavy atom. The zero-order valence-corrected chi connectivity index (χ0v) is 15.9. The number of benzene rings is 2. The molecule has 0 spiro atoms. The van der Waals surface area contributed by atoms with Crippen molar-refractivity contribution in [3.05, 3.63) is 82.4 Å². The summed E-state index contributed by atoms with van der Waals surface area (Å²) in [5, 5.41) is 2.52. The number of hydrogen-bond donors (Lipinski definition) is 0. The molecular weight excluding hydrogens is 395 g/mol. The standard InChI is InChI=1S/C21H15FN2O4S/c22-14-5-7-16(8-6-14)26-12-20-23-15(13-29-20)11-27-21(25)10-9-19-24-17-3-1-2-4-18(17)28-19/h1-10,13H,11-12H2. The monoisotopic (exact) mass is 410 g/mol. The van der Waals surface area contributed by atoms with E-state index in [1.807, 2.05) is 18.2 Å². The number of rotatable bonds is 7. The van der Waals surface area contributed by atoms with Gasteiger partial charge in [0.1, 0.15) is 35.3 Å². The fourth-order valence-electron chi connectivity index (χ4n) is 2.45. The van der Waals surface area contributed by atoms with Crippen molar-refractivity contribution in [1.29, 1.82) is 0 Å². The number of aromatic nitrogens is 2. The molecule has 0 atom stereocenters. The van der Waals surface area contributed by atoms with E-state index in [0.717, 1.165) is 10.5 Å². The minimum absolute atomic E-state index is 0.0454. The van der Waals surface area contributed by atoms with Gasteiger partial charge >= 0.3 is 5.97 Å². The van der Waals surface area contributed by atoms with Crippen LogP contribution >= 0.6 is 11.3 Å². The van der Waals surface area contributed by atoms with Crippen molar-refractivity contribution >= 4 is 34.5 Å². The second-order valence-corrected chi connectivity index (χ2v) is 6.88. The zero-order chi connectivity index (χ0) is 20.1. The number of halogens is 1. The van der Waals surface area contributed by atoms with E-state index in [0.29, 0.717) is 22.9 Å². The molecule has 4 rings (SSSR count). The molecule has 4 aromatic rings. The number of ether oxygens (including phenoxy) is 2. The third kappa shape index (κ3) is 5.05. The molecule has 8 heteroatoms. The Morgan fingerprint density at radius 3 is 2.76 bits per heavy atom. The van der Waals surface area contributed by atoms with Crippen molar-refractivity contribution in [3.8, 4) is 5.75 Å². The molecule has 0 N–H and O–H groups in total. The Labute approximate surface area is 169 Å². The Hall–Kier alpha value is -3.52. The zero-order valence-electron chi connectivity index (χ0n) is 15.1. The fourth-order valence-corrected chi connectivity index (χ4v) is 3.14. The number of carbonyl (C=O) groups is 1. The maximum absolute atomic E-state index is 12.9. The Kier molecular flexibility index (Phi) is 5.62. The van der Waals surface area contributed by atoms with Crippen LogP contribution in [0.3, 0.4) is 0 Å². The summed E-state index contributed by atoms with van der Waals surface area (Å²) in [7, 11) is 0. The number of fused-ring (bicyclic) bond motifs is 1. The van der Waals surface area contributed by atoms with Crippen molar-refractivity contribution in [2.24, 2.45) is 0 Å². The first kappa shape index (κ1) is 18.8. The van der Waals surface area contributed by atoms with Crippen LogP contribution in [0.25, 0.3) is 17.2 Å². The Morgan fingerprint density at radius 2 is 1.93 bits per heavy atom. The molecule has 0 unspecified atom stereocenters. The number of thiazole rings is 1. The highest BCUT2D eigenvalue weighted by Gasteiger charge is 2.07. The van der Waals surface area contributed by atoms with Crippen LogP contribution in [0.1, 0.15) is 16.6 Å². The normalized spacial score (nSPS) is 11.2. The quantitative estimate of drug-likeness (QED) is 0.323.